The van der Waals surface area contributed by atoms with Gasteiger partial charge in [0.2, 0.25) is 5.88 Å². The third kappa shape index (κ3) is 5.36. The second-order valence-corrected chi connectivity index (χ2v) is 5.90. The number of nitrogens with zero attached hydrogens (tertiary/aromatic N) is 2. The van der Waals surface area contributed by atoms with Gasteiger partial charge in [-0.05, 0) is 17.7 Å². The maximum Gasteiger partial charge on any atom is 0.422 e. The Morgan fingerprint density at radius 1 is 1.32 bits per heavy atom. The lowest BCUT2D eigenvalue weighted by molar-refractivity contribution is -0.154. The molecule has 150 valence electrons. The van der Waals surface area contributed by atoms with Crippen molar-refractivity contribution in [1.29, 1.82) is 0 Å². The number of nitrogens with one attached hydrogen (secondary N) is 2. The van der Waals surface area contributed by atoms with E-state index < -0.39 is 24.5 Å². The Kier molecular flexibility index (Phi) is 6.05. The average molecular weight is 400 g/mol. The summed E-state index contributed by atoms with van der Waals surface area (Å²) in [6.45, 7) is 0.287. The first-order valence-electron chi connectivity index (χ1n) is 8.26. The average Bonchev–Trinajstić information content (AvgIpc) is 2.68. The number of ether oxygens (including phenoxy) is 2. The number of carbonyl (C=O) groups excluding carboxylic acids is 1. The van der Waals surface area contributed by atoms with Crippen LogP contribution in [0.15, 0.2) is 30.6 Å². The van der Waals surface area contributed by atoms with Crippen LogP contribution in [0.1, 0.15) is 22.2 Å². The minimum absolute atomic E-state index is 0.0725. The van der Waals surface area contributed by atoms with Crippen LogP contribution in [-0.4, -0.2) is 48.4 Å². The van der Waals surface area contributed by atoms with Crippen LogP contribution in [-0.2, 0) is 4.74 Å². The Balaban J connectivity index is 1.62. The second kappa shape index (κ2) is 8.48. The van der Waals surface area contributed by atoms with Crippen molar-refractivity contribution in [3.63, 3.8) is 0 Å². The number of benzene rings is 1. The van der Waals surface area contributed by atoms with Gasteiger partial charge in [0, 0.05) is 13.1 Å². The van der Waals surface area contributed by atoms with Crippen molar-refractivity contribution >= 4 is 11.6 Å². The summed E-state index contributed by atoms with van der Waals surface area (Å²) in [6.07, 6.45) is -2.97. The lowest BCUT2D eigenvalue weighted by Crippen LogP contribution is -2.33. The maximum absolute atomic E-state index is 14.3. The van der Waals surface area contributed by atoms with E-state index in [9.17, 15) is 22.4 Å². The van der Waals surface area contributed by atoms with Crippen molar-refractivity contribution in [2.75, 3.05) is 31.6 Å². The van der Waals surface area contributed by atoms with E-state index >= 15 is 0 Å². The van der Waals surface area contributed by atoms with E-state index in [1.807, 2.05) is 0 Å². The first kappa shape index (κ1) is 20.0. The molecule has 1 aromatic heterocycles. The highest BCUT2D eigenvalue weighted by molar-refractivity contribution is 6.02. The van der Waals surface area contributed by atoms with Gasteiger partial charge >= 0.3 is 6.18 Å². The SMILES string of the molecule is O=C(Nc1ccc(C2CNCCO2)cc1F)c1cnc(OCC(F)(F)F)cn1. The number of morpholine rings is 1. The van der Waals surface area contributed by atoms with Gasteiger partial charge in [-0.25, -0.2) is 14.4 Å². The zero-order valence-electron chi connectivity index (χ0n) is 14.4. The molecule has 1 aliphatic rings. The summed E-state index contributed by atoms with van der Waals surface area (Å²) < 4.78 is 60.5. The molecule has 11 heteroatoms. The normalized spacial score (nSPS) is 17.2. The zero-order valence-corrected chi connectivity index (χ0v) is 14.4. The summed E-state index contributed by atoms with van der Waals surface area (Å²) in [4.78, 5) is 19.4. The Labute approximate surface area is 157 Å². The van der Waals surface area contributed by atoms with E-state index in [1.165, 1.54) is 12.1 Å². The van der Waals surface area contributed by atoms with Gasteiger partial charge in [-0.3, -0.25) is 4.79 Å². The first-order chi connectivity index (χ1) is 13.3. The number of aromatic nitrogens is 2. The molecule has 7 nitrogen and oxygen atoms in total. The fourth-order valence-corrected chi connectivity index (χ4v) is 2.46. The molecule has 0 saturated carbocycles. The molecule has 0 spiro atoms. The van der Waals surface area contributed by atoms with E-state index in [0.29, 0.717) is 18.7 Å². The van der Waals surface area contributed by atoms with Gasteiger partial charge in [-0.1, -0.05) is 6.07 Å². The molecule has 0 radical (unpaired) electrons. The van der Waals surface area contributed by atoms with Gasteiger partial charge in [-0.15, -0.1) is 0 Å². The van der Waals surface area contributed by atoms with Gasteiger partial charge in [0.25, 0.3) is 5.91 Å². The highest BCUT2D eigenvalue weighted by Crippen LogP contribution is 2.24. The molecule has 28 heavy (non-hydrogen) atoms. The van der Waals surface area contributed by atoms with Crippen molar-refractivity contribution < 1.29 is 31.8 Å². The molecule has 1 saturated heterocycles. The van der Waals surface area contributed by atoms with Gasteiger partial charge in [0.1, 0.15) is 11.5 Å². The summed E-state index contributed by atoms with van der Waals surface area (Å²) in [5.41, 5.74) is 0.355. The Morgan fingerprint density at radius 3 is 2.75 bits per heavy atom. The Hall–Kier alpha value is -2.79. The molecule has 1 aliphatic heterocycles. The van der Waals surface area contributed by atoms with Crippen molar-refractivity contribution in [2.24, 2.45) is 0 Å². The van der Waals surface area contributed by atoms with Crippen molar-refractivity contribution in [2.45, 2.75) is 12.3 Å². The molecule has 2 heterocycles. The summed E-state index contributed by atoms with van der Waals surface area (Å²) >= 11 is 0. The summed E-state index contributed by atoms with van der Waals surface area (Å²) in [5.74, 6) is -1.80. The zero-order chi connectivity index (χ0) is 20.1. The van der Waals surface area contributed by atoms with Crippen molar-refractivity contribution in [1.82, 2.24) is 15.3 Å². The van der Waals surface area contributed by atoms with E-state index in [2.05, 4.69) is 25.3 Å². The van der Waals surface area contributed by atoms with Crippen LogP contribution < -0.4 is 15.4 Å². The van der Waals surface area contributed by atoms with Crippen LogP contribution in [0.2, 0.25) is 0 Å². The molecule has 0 aliphatic carbocycles. The molecular formula is C17H16F4N4O3. The van der Waals surface area contributed by atoms with Crippen LogP contribution in [0.3, 0.4) is 0 Å². The van der Waals surface area contributed by atoms with E-state index in [4.69, 9.17) is 4.74 Å². The van der Waals surface area contributed by atoms with Gasteiger partial charge in [0.05, 0.1) is 30.8 Å². The second-order valence-electron chi connectivity index (χ2n) is 5.90. The van der Waals surface area contributed by atoms with E-state index in [1.54, 1.807) is 6.07 Å². The fourth-order valence-electron chi connectivity index (χ4n) is 2.46. The minimum atomic E-state index is -4.51. The lowest BCUT2D eigenvalue weighted by Gasteiger charge is -2.24. The third-order valence-corrected chi connectivity index (χ3v) is 3.79. The molecule has 1 fully saturated rings. The largest absolute Gasteiger partial charge is 0.467 e. The van der Waals surface area contributed by atoms with Crippen LogP contribution in [0.5, 0.6) is 5.88 Å². The van der Waals surface area contributed by atoms with Crippen molar-refractivity contribution in [3.8, 4) is 5.88 Å². The topological polar surface area (TPSA) is 85.4 Å². The minimum Gasteiger partial charge on any atom is -0.467 e. The molecule has 1 amide bonds. The standard InChI is InChI=1S/C17H16F4N4O3/c18-11-5-10(14-7-22-3-4-27-14)1-2-12(11)25-16(26)13-6-24-15(8-23-13)28-9-17(19,20)21/h1-2,5-6,8,14,22H,3-4,7,9H2,(H,25,26). The summed E-state index contributed by atoms with van der Waals surface area (Å²) in [5, 5.41) is 5.48. The number of alkyl halides is 3. The molecule has 1 unspecified atom stereocenters. The first-order valence-corrected chi connectivity index (χ1v) is 8.26. The molecule has 1 aromatic carbocycles. The van der Waals surface area contributed by atoms with Crippen LogP contribution in [0.25, 0.3) is 0 Å². The Morgan fingerprint density at radius 2 is 2.14 bits per heavy atom. The van der Waals surface area contributed by atoms with E-state index in [-0.39, 0.29) is 23.4 Å². The maximum atomic E-state index is 14.3. The number of carbonyl (C=O) groups is 1. The molecular weight excluding hydrogens is 384 g/mol. The van der Waals surface area contributed by atoms with Crippen LogP contribution >= 0.6 is 0 Å². The predicted molar refractivity (Wildman–Crippen MR) is 89.5 cm³/mol. The third-order valence-electron chi connectivity index (χ3n) is 3.79. The summed E-state index contributed by atoms with van der Waals surface area (Å²) in [7, 11) is 0. The number of anilines is 1. The van der Waals surface area contributed by atoms with Gasteiger partial charge in [0.15, 0.2) is 6.61 Å². The smallest absolute Gasteiger partial charge is 0.422 e. The fraction of sp³-hybridized carbons (Fsp3) is 0.353. The predicted octanol–water partition coefficient (Wildman–Crippen LogP) is 2.47. The quantitative estimate of drug-likeness (QED) is 0.751. The monoisotopic (exact) mass is 400 g/mol. The molecule has 3 rings (SSSR count). The van der Waals surface area contributed by atoms with Crippen LogP contribution in [0, 0.1) is 5.82 Å². The van der Waals surface area contributed by atoms with E-state index in [0.717, 1.165) is 18.9 Å². The van der Waals surface area contributed by atoms with Gasteiger partial charge < -0.3 is 20.1 Å². The number of amides is 1. The molecule has 2 N–H and O–H groups in total. The molecule has 1 atom stereocenters. The van der Waals surface area contributed by atoms with Crippen molar-refractivity contribution in [3.05, 3.63) is 47.7 Å². The number of halogens is 4. The highest BCUT2D eigenvalue weighted by Gasteiger charge is 2.28. The Bertz CT molecular complexity index is 824. The number of rotatable bonds is 5. The number of hydrogen-bond acceptors (Lipinski definition) is 6. The highest BCUT2D eigenvalue weighted by atomic mass is 19.4. The van der Waals surface area contributed by atoms with Crippen LogP contribution in [0.4, 0.5) is 23.2 Å². The summed E-state index contributed by atoms with van der Waals surface area (Å²) in [6, 6.07) is 4.30. The molecule has 0 bridgehead atoms. The number of hydrogen-bond donors (Lipinski definition) is 2. The van der Waals surface area contributed by atoms with Gasteiger partial charge in [-0.2, -0.15) is 13.2 Å². The lowest BCUT2D eigenvalue weighted by atomic mass is 10.1. The molecule has 2 aromatic rings.